The molecule has 3 nitrogen and oxygen atoms in total. The van der Waals surface area contributed by atoms with Gasteiger partial charge in [-0.1, -0.05) is 33.1 Å². The van der Waals surface area contributed by atoms with Crippen molar-refractivity contribution in [1.29, 1.82) is 0 Å². The molecule has 0 bridgehead atoms. The molecule has 0 aliphatic rings. The van der Waals surface area contributed by atoms with E-state index in [1.807, 2.05) is 25.1 Å². The molecule has 1 rings (SSSR count). The number of ether oxygens (including phenoxy) is 2. The highest BCUT2D eigenvalue weighted by atomic mass is 16.5. The summed E-state index contributed by atoms with van der Waals surface area (Å²) in [4.78, 5) is 0. The largest absolute Gasteiger partial charge is 0.493 e. The number of hydrogen-bond acceptors (Lipinski definition) is 3. The van der Waals surface area contributed by atoms with E-state index in [9.17, 15) is 0 Å². The normalized spacial score (nSPS) is 12.2. The van der Waals surface area contributed by atoms with Gasteiger partial charge in [-0.05, 0) is 31.4 Å². The summed E-state index contributed by atoms with van der Waals surface area (Å²) in [6.45, 7) is 7.78. The predicted octanol–water partition coefficient (Wildman–Crippen LogP) is 4.26. The van der Waals surface area contributed by atoms with Gasteiger partial charge < -0.3 is 15.2 Å². The van der Waals surface area contributed by atoms with Crippen LogP contribution in [0.1, 0.15) is 46.5 Å². The fourth-order valence-corrected chi connectivity index (χ4v) is 2.00. The van der Waals surface area contributed by atoms with E-state index in [4.69, 9.17) is 15.2 Å². The third-order valence-corrected chi connectivity index (χ3v) is 3.31. The molecule has 0 saturated carbocycles. The summed E-state index contributed by atoms with van der Waals surface area (Å²) in [7, 11) is 0. The molecule has 1 aromatic rings. The van der Waals surface area contributed by atoms with Gasteiger partial charge in [-0.25, -0.2) is 0 Å². The zero-order chi connectivity index (χ0) is 14.1. The first-order valence-corrected chi connectivity index (χ1v) is 7.36. The number of anilines is 1. The topological polar surface area (TPSA) is 44.5 Å². The van der Waals surface area contributed by atoms with Crippen LogP contribution >= 0.6 is 0 Å². The van der Waals surface area contributed by atoms with Gasteiger partial charge in [-0.3, -0.25) is 0 Å². The van der Waals surface area contributed by atoms with Gasteiger partial charge in [0.05, 0.1) is 18.9 Å². The molecule has 108 valence electrons. The van der Waals surface area contributed by atoms with Crippen molar-refractivity contribution in [2.45, 2.75) is 46.5 Å². The lowest BCUT2D eigenvalue weighted by Gasteiger charge is -2.16. The fraction of sp³-hybridized carbons (Fsp3) is 0.625. The maximum Gasteiger partial charge on any atom is 0.145 e. The van der Waals surface area contributed by atoms with Crippen molar-refractivity contribution < 1.29 is 9.47 Å². The molecule has 1 atom stereocenters. The third-order valence-electron chi connectivity index (χ3n) is 3.31. The molecule has 0 aliphatic heterocycles. The fourth-order valence-electron chi connectivity index (χ4n) is 2.00. The van der Waals surface area contributed by atoms with Gasteiger partial charge in [0.25, 0.3) is 0 Å². The number of hydrogen-bond donors (Lipinski definition) is 1. The zero-order valence-electron chi connectivity index (χ0n) is 12.4. The van der Waals surface area contributed by atoms with Crippen molar-refractivity contribution in [2.24, 2.45) is 5.92 Å². The van der Waals surface area contributed by atoms with Crippen LogP contribution in [0.4, 0.5) is 5.69 Å². The van der Waals surface area contributed by atoms with Crippen LogP contribution in [0, 0.1) is 5.92 Å². The molecule has 2 N–H and O–H groups in total. The molecule has 0 saturated heterocycles. The van der Waals surface area contributed by atoms with Gasteiger partial charge in [-0.2, -0.15) is 0 Å². The average molecular weight is 265 g/mol. The number of nitrogens with two attached hydrogens (primary N) is 1. The van der Waals surface area contributed by atoms with E-state index in [2.05, 4.69) is 13.8 Å². The minimum Gasteiger partial charge on any atom is -0.493 e. The summed E-state index contributed by atoms with van der Waals surface area (Å²) < 4.78 is 11.3. The molecular weight excluding hydrogens is 238 g/mol. The van der Waals surface area contributed by atoms with Crippen LogP contribution in [-0.4, -0.2) is 13.2 Å². The molecule has 19 heavy (non-hydrogen) atoms. The van der Waals surface area contributed by atoms with E-state index in [1.165, 1.54) is 19.3 Å². The summed E-state index contributed by atoms with van der Waals surface area (Å²) in [6.07, 6.45) is 4.91. The Morgan fingerprint density at radius 1 is 1.16 bits per heavy atom. The standard InChI is InChI=1S/C16H27NO2/c1-4-7-8-13(5-2)12-19-14-9-10-15(17)16(11-14)18-6-3/h9-11,13H,4-8,12,17H2,1-3H3. The van der Waals surface area contributed by atoms with Crippen LogP contribution in [0.3, 0.4) is 0 Å². The van der Waals surface area contributed by atoms with E-state index in [0.29, 0.717) is 24.0 Å². The molecule has 0 heterocycles. The highest BCUT2D eigenvalue weighted by Crippen LogP contribution is 2.27. The Labute approximate surface area is 117 Å². The summed E-state index contributed by atoms with van der Waals surface area (Å²) in [5.41, 5.74) is 6.50. The predicted molar refractivity (Wildman–Crippen MR) is 80.8 cm³/mol. The van der Waals surface area contributed by atoms with E-state index in [1.54, 1.807) is 0 Å². The van der Waals surface area contributed by atoms with Gasteiger partial charge in [0, 0.05) is 6.07 Å². The Bertz CT molecular complexity index is 366. The number of benzene rings is 1. The molecule has 0 aromatic heterocycles. The Hall–Kier alpha value is -1.38. The number of nitrogen functional groups attached to an aromatic ring is 1. The zero-order valence-corrected chi connectivity index (χ0v) is 12.4. The van der Waals surface area contributed by atoms with Crippen LogP contribution in [-0.2, 0) is 0 Å². The van der Waals surface area contributed by atoms with Crippen molar-refractivity contribution >= 4 is 5.69 Å². The van der Waals surface area contributed by atoms with Crippen molar-refractivity contribution in [3.8, 4) is 11.5 Å². The van der Waals surface area contributed by atoms with Gasteiger partial charge in [0.15, 0.2) is 0 Å². The molecule has 0 amide bonds. The van der Waals surface area contributed by atoms with Crippen LogP contribution in [0.2, 0.25) is 0 Å². The Kier molecular flexibility index (Phi) is 7.16. The van der Waals surface area contributed by atoms with Crippen LogP contribution in [0.5, 0.6) is 11.5 Å². The molecule has 0 fully saturated rings. The minimum atomic E-state index is 0.613. The first kappa shape index (κ1) is 15.7. The first-order chi connectivity index (χ1) is 9.21. The van der Waals surface area contributed by atoms with Gasteiger partial charge in [-0.15, -0.1) is 0 Å². The minimum absolute atomic E-state index is 0.613. The Balaban J connectivity index is 2.54. The average Bonchev–Trinajstić information content (AvgIpc) is 2.42. The lowest BCUT2D eigenvalue weighted by atomic mass is 10.0. The second kappa shape index (κ2) is 8.68. The van der Waals surface area contributed by atoms with Crippen LogP contribution < -0.4 is 15.2 Å². The number of rotatable bonds is 9. The number of unbranched alkanes of at least 4 members (excludes halogenated alkanes) is 1. The lowest BCUT2D eigenvalue weighted by Crippen LogP contribution is -2.11. The maximum absolute atomic E-state index is 5.86. The highest BCUT2D eigenvalue weighted by molar-refractivity contribution is 5.55. The van der Waals surface area contributed by atoms with E-state index < -0.39 is 0 Å². The van der Waals surface area contributed by atoms with Crippen LogP contribution in [0.15, 0.2) is 18.2 Å². The second-order valence-corrected chi connectivity index (χ2v) is 4.86. The molecule has 0 radical (unpaired) electrons. The van der Waals surface area contributed by atoms with Crippen molar-refractivity contribution in [2.75, 3.05) is 18.9 Å². The summed E-state index contributed by atoms with van der Waals surface area (Å²) in [5, 5.41) is 0. The Morgan fingerprint density at radius 3 is 2.58 bits per heavy atom. The molecule has 1 aromatic carbocycles. The lowest BCUT2D eigenvalue weighted by molar-refractivity contribution is 0.232. The second-order valence-electron chi connectivity index (χ2n) is 4.86. The maximum atomic E-state index is 5.86. The molecule has 0 spiro atoms. The highest BCUT2D eigenvalue weighted by Gasteiger charge is 2.08. The van der Waals surface area contributed by atoms with Crippen molar-refractivity contribution in [3.05, 3.63) is 18.2 Å². The molecule has 0 aliphatic carbocycles. The smallest absolute Gasteiger partial charge is 0.145 e. The van der Waals surface area contributed by atoms with E-state index in [-0.39, 0.29) is 0 Å². The van der Waals surface area contributed by atoms with Crippen molar-refractivity contribution in [3.63, 3.8) is 0 Å². The quantitative estimate of drug-likeness (QED) is 0.678. The molecule has 3 heteroatoms. The Morgan fingerprint density at radius 2 is 1.95 bits per heavy atom. The summed E-state index contributed by atoms with van der Waals surface area (Å²) in [6, 6.07) is 5.63. The van der Waals surface area contributed by atoms with Crippen molar-refractivity contribution in [1.82, 2.24) is 0 Å². The molecular formula is C16H27NO2. The van der Waals surface area contributed by atoms with E-state index in [0.717, 1.165) is 18.8 Å². The third kappa shape index (κ3) is 5.41. The van der Waals surface area contributed by atoms with Gasteiger partial charge >= 0.3 is 0 Å². The monoisotopic (exact) mass is 265 g/mol. The van der Waals surface area contributed by atoms with Gasteiger partial charge in [0.1, 0.15) is 11.5 Å². The molecule has 1 unspecified atom stereocenters. The SMILES string of the molecule is CCCCC(CC)COc1ccc(N)c(OCC)c1. The summed E-state index contributed by atoms with van der Waals surface area (Å²) in [5.74, 6) is 2.18. The van der Waals surface area contributed by atoms with Gasteiger partial charge in [0.2, 0.25) is 0 Å². The summed E-state index contributed by atoms with van der Waals surface area (Å²) >= 11 is 0. The van der Waals surface area contributed by atoms with E-state index >= 15 is 0 Å². The first-order valence-electron chi connectivity index (χ1n) is 7.36. The van der Waals surface area contributed by atoms with Crippen LogP contribution in [0.25, 0.3) is 0 Å².